The van der Waals surface area contributed by atoms with Crippen molar-refractivity contribution in [1.82, 2.24) is 0 Å². The van der Waals surface area contributed by atoms with E-state index in [-0.39, 0.29) is 0 Å². The Labute approximate surface area is 206 Å². The van der Waals surface area contributed by atoms with E-state index in [0.29, 0.717) is 0 Å². The summed E-state index contributed by atoms with van der Waals surface area (Å²) in [6.45, 7) is 6.34. The first kappa shape index (κ1) is 35.4. The highest BCUT2D eigenvalue weighted by atomic mass is 28.5. The van der Waals surface area contributed by atoms with Gasteiger partial charge in [-0.05, 0) is 38.8 Å². The van der Waals surface area contributed by atoms with Crippen LogP contribution in [0.4, 0.5) is 74.6 Å². The SMILES string of the molecule is C[Si]1(C)O[Si](C)(C)O[Si](C)(CCC(F)(F)C(F)(F)C(F)(F)C(F)(F)C(F)(F)C(F)(F)C(F)(F)C(F)(F)F)O1. The maximum Gasteiger partial charge on any atom is 0.460 e. The highest BCUT2D eigenvalue weighted by molar-refractivity contribution is 6.92. The zero-order valence-electron chi connectivity index (χ0n) is 19.6. The Morgan fingerprint density at radius 2 is 0.711 bits per heavy atom. The predicted octanol–water partition coefficient (Wildman–Crippen LogP) is 7.92. The summed E-state index contributed by atoms with van der Waals surface area (Å²) in [5.41, 5.74) is 0. The molecule has 0 aromatic heterocycles. The minimum absolute atomic E-state index is 0.966. The summed E-state index contributed by atoms with van der Waals surface area (Å²) >= 11 is 0. The van der Waals surface area contributed by atoms with Crippen LogP contribution in [0.15, 0.2) is 0 Å². The van der Waals surface area contributed by atoms with Crippen molar-refractivity contribution in [3.63, 3.8) is 0 Å². The normalized spacial score (nSPS) is 21.9. The van der Waals surface area contributed by atoms with Gasteiger partial charge in [-0.3, -0.25) is 0 Å². The van der Waals surface area contributed by atoms with Crippen molar-refractivity contribution in [3.05, 3.63) is 0 Å². The van der Waals surface area contributed by atoms with Gasteiger partial charge in [0.25, 0.3) is 0 Å². The Morgan fingerprint density at radius 3 is 1.03 bits per heavy atom. The lowest BCUT2D eigenvalue weighted by Crippen LogP contribution is -2.74. The maximum absolute atomic E-state index is 14.2. The molecule has 1 aliphatic heterocycles. The fourth-order valence-electron chi connectivity index (χ4n) is 3.53. The average molecular weight is 655 g/mol. The van der Waals surface area contributed by atoms with Gasteiger partial charge in [0.05, 0.1) is 0 Å². The Hall–Kier alpha value is -0.659. The van der Waals surface area contributed by atoms with Gasteiger partial charge in [0.1, 0.15) is 0 Å². The standard InChI is InChI=1S/C15H19F17O3Si3/c1-36(2)33-37(3,4)35-38(5,34-36)7-6-8(16,17)9(18,19)10(20,21)11(22,23)12(24,25)13(26,27)14(28,29)15(30,31)32/h6-7H2,1-5H3. The van der Waals surface area contributed by atoms with E-state index in [0.717, 1.165) is 6.55 Å². The average Bonchev–Trinajstić information content (AvgIpc) is 2.61. The number of hydrogen-bond acceptors (Lipinski definition) is 3. The molecule has 1 saturated heterocycles. The minimum Gasteiger partial charge on any atom is -0.416 e. The molecule has 0 radical (unpaired) electrons. The molecule has 1 aliphatic rings. The van der Waals surface area contributed by atoms with Gasteiger partial charge in [-0.1, -0.05) is 0 Å². The molecule has 0 aromatic rings. The van der Waals surface area contributed by atoms with Gasteiger partial charge < -0.3 is 12.3 Å². The van der Waals surface area contributed by atoms with Crippen LogP contribution in [-0.2, 0) is 12.3 Å². The second kappa shape index (κ2) is 9.17. The first-order valence-electron chi connectivity index (χ1n) is 9.89. The van der Waals surface area contributed by atoms with Gasteiger partial charge in [-0.2, -0.15) is 74.6 Å². The molecule has 38 heavy (non-hydrogen) atoms. The first-order valence-corrected chi connectivity index (χ1v) is 18.1. The van der Waals surface area contributed by atoms with E-state index in [1.807, 2.05) is 0 Å². The Kier molecular flexibility index (Phi) is 8.54. The second-order valence-electron chi connectivity index (χ2n) is 9.39. The quantitative estimate of drug-likeness (QED) is 0.187. The van der Waals surface area contributed by atoms with Crippen LogP contribution < -0.4 is 0 Å². The van der Waals surface area contributed by atoms with Gasteiger partial charge in [-0.15, -0.1) is 0 Å². The second-order valence-corrected chi connectivity index (χ2v) is 20.2. The smallest absolute Gasteiger partial charge is 0.416 e. The first-order chi connectivity index (χ1) is 16.1. The van der Waals surface area contributed by atoms with Crippen molar-refractivity contribution < 1.29 is 87.0 Å². The van der Waals surface area contributed by atoms with E-state index >= 15 is 0 Å². The van der Waals surface area contributed by atoms with E-state index in [1.54, 1.807) is 0 Å². The van der Waals surface area contributed by atoms with E-state index in [4.69, 9.17) is 12.3 Å². The Balaban J connectivity index is 3.46. The molecule has 0 amide bonds. The van der Waals surface area contributed by atoms with Crippen molar-refractivity contribution in [2.75, 3.05) is 0 Å². The van der Waals surface area contributed by atoms with E-state index < -0.39 is 85.8 Å². The van der Waals surface area contributed by atoms with Gasteiger partial charge in [0, 0.05) is 6.42 Å². The van der Waals surface area contributed by atoms with Crippen LogP contribution in [0, 0.1) is 0 Å². The molecule has 3 nitrogen and oxygen atoms in total. The van der Waals surface area contributed by atoms with Crippen LogP contribution in [0.1, 0.15) is 6.42 Å². The molecule has 1 rings (SSSR count). The highest BCUT2D eigenvalue weighted by Crippen LogP contribution is 2.64. The molecule has 0 atom stereocenters. The third kappa shape index (κ3) is 5.46. The molecule has 0 aromatic carbocycles. The van der Waals surface area contributed by atoms with Crippen molar-refractivity contribution in [2.24, 2.45) is 0 Å². The molecule has 228 valence electrons. The molecule has 1 heterocycles. The third-order valence-electron chi connectivity index (χ3n) is 5.10. The molecule has 1 fully saturated rings. The lowest BCUT2D eigenvalue weighted by atomic mass is 9.88. The molecule has 0 unspecified atom stereocenters. The molecule has 0 spiro atoms. The number of halogens is 17. The molecular formula is C15H19F17O3Si3. The minimum atomic E-state index is -8.64. The van der Waals surface area contributed by atoms with Crippen LogP contribution in [0.25, 0.3) is 0 Å². The molecule has 0 saturated carbocycles. The summed E-state index contributed by atoms with van der Waals surface area (Å²) in [6, 6.07) is -1.40. The molecular weight excluding hydrogens is 635 g/mol. The van der Waals surface area contributed by atoms with Crippen LogP contribution in [0.3, 0.4) is 0 Å². The van der Waals surface area contributed by atoms with Crippen molar-refractivity contribution >= 4 is 25.7 Å². The lowest BCUT2D eigenvalue weighted by molar-refractivity contribution is -0.461. The van der Waals surface area contributed by atoms with Gasteiger partial charge in [0.2, 0.25) is 0 Å². The summed E-state index contributed by atoms with van der Waals surface area (Å²) in [7, 11) is -10.4. The van der Waals surface area contributed by atoms with Crippen LogP contribution in [0.2, 0.25) is 38.8 Å². The number of rotatable bonds is 9. The number of alkyl halides is 17. The van der Waals surface area contributed by atoms with Crippen LogP contribution >= 0.6 is 0 Å². The maximum atomic E-state index is 14.2. The Bertz CT molecular complexity index is 872. The summed E-state index contributed by atoms with van der Waals surface area (Å²) < 4.78 is 244. The van der Waals surface area contributed by atoms with E-state index in [2.05, 4.69) is 0 Å². The summed E-state index contributed by atoms with van der Waals surface area (Å²) in [5, 5.41) is 0. The molecule has 23 heteroatoms. The lowest BCUT2D eigenvalue weighted by Gasteiger charge is -2.48. The van der Waals surface area contributed by atoms with Gasteiger partial charge >= 0.3 is 73.3 Å². The summed E-state index contributed by atoms with van der Waals surface area (Å²) in [6.07, 6.45) is -10.3. The monoisotopic (exact) mass is 654 g/mol. The largest absolute Gasteiger partial charge is 0.460 e. The van der Waals surface area contributed by atoms with Crippen LogP contribution in [-0.4, -0.2) is 73.3 Å². The van der Waals surface area contributed by atoms with Crippen molar-refractivity contribution in [2.45, 2.75) is 92.8 Å². The van der Waals surface area contributed by atoms with Crippen molar-refractivity contribution in [1.29, 1.82) is 0 Å². The van der Waals surface area contributed by atoms with E-state index in [9.17, 15) is 74.6 Å². The van der Waals surface area contributed by atoms with Gasteiger partial charge in [0.15, 0.2) is 0 Å². The van der Waals surface area contributed by atoms with Gasteiger partial charge in [-0.25, -0.2) is 0 Å². The molecule has 0 N–H and O–H groups in total. The predicted molar refractivity (Wildman–Crippen MR) is 99.9 cm³/mol. The Morgan fingerprint density at radius 1 is 0.421 bits per heavy atom. The van der Waals surface area contributed by atoms with Crippen molar-refractivity contribution in [3.8, 4) is 0 Å². The zero-order valence-corrected chi connectivity index (χ0v) is 22.6. The molecule has 0 aliphatic carbocycles. The highest BCUT2D eigenvalue weighted by Gasteiger charge is 2.95. The number of hydrogen-bond donors (Lipinski definition) is 0. The topological polar surface area (TPSA) is 27.7 Å². The fourth-order valence-corrected chi connectivity index (χ4v) is 19.8. The van der Waals surface area contributed by atoms with Crippen LogP contribution in [0.5, 0.6) is 0 Å². The molecule has 0 bridgehead atoms. The summed E-state index contributed by atoms with van der Waals surface area (Å²) in [4.78, 5) is 0. The fraction of sp³-hybridized carbons (Fsp3) is 1.00. The zero-order chi connectivity index (χ0) is 31.0. The van der Waals surface area contributed by atoms with E-state index in [1.165, 1.54) is 26.2 Å². The summed E-state index contributed by atoms with van der Waals surface area (Å²) in [5.74, 6) is -56.4. The third-order valence-corrected chi connectivity index (χ3v) is 17.6.